The fraction of sp³-hybridized carbons (Fsp3) is 1.00. The van der Waals surface area contributed by atoms with Gasteiger partial charge in [0.2, 0.25) is 0 Å². The average molecular weight is 212 g/mol. The van der Waals surface area contributed by atoms with Gasteiger partial charge in [-0.2, -0.15) is 0 Å². The maximum atomic E-state index is 6.07. The molecule has 0 radical (unpaired) electrons. The highest BCUT2D eigenvalue weighted by Gasteiger charge is 2.15. The molecule has 0 N–H and O–H groups in total. The Hall–Kier alpha value is -0.0400. The van der Waals surface area contributed by atoms with Crippen LogP contribution in [0.25, 0.3) is 0 Å². The Bertz CT molecular complexity index is 144. The molecule has 2 atom stereocenters. The molecule has 0 aromatic rings. The molecule has 0 aromatic carbocycles. The first-order valence-electron chi connectivity index (χ1n) is 6.98. The summed E-state index contributed by atoms with van der Waals surface area (Å²) in [4.78, 5) is 0. The molecule has 0 unspecified atom stereocenters. The van der Waals surface area contributed by atoms with Crippen LogP contribution in [0.1, 0.15) is 78.1 Å². The molecule has 1 heteroatoms. The minimum Gasteiger partial charge on any atom is -0.375 e. The van der Waals surface area contributed by atoms with Crippen LogP contribution < -0.4 is 0 Å². The van der Waals surface area contributed by atoms with Crippen LogP contribution >= 0.6 is 0 Å². The van der Waals surface area contributed by atoms with E-state index in [9.17, 15) is 0 Å². The van der Waals surface area contributed by atoms with E-state index in [0.717, 1.165) is 0 Å². The van der Waals surface area contributed by atoms with Gasteiger partial charge < -0.3 is 4.74 Å². The third-order valence-electron chi connectivity index (χ3n) is 3.44. The van der Waals surface area contributed by atoms with E-state index in [0.29, 0.717) is 12.2 Å². The molecular formula is C14H28O. The van der Waals surface area contributed by atoms with Gasteiger partial charge in [-0.15, -0.1) is 0 Å². The molecule has 1 fully saturated rings. The molecule has 0 bridgehead atoms. The van der Waals surface area contributed by atoms with E-state index in [4.69, 9.17) is 4.74 Å². The van der Waals surface area contributed by atoms with Gasteiger partial charge in [-0.1, -0.05) is 51.9 Å². The quantitative estimate of drug-likeness (QED) is 0.600. The van der Waals surface area contributed by atoms with Crippen LogP contribution in [0.5, 0.6) is 0 Å². The largest absolute Gasteiger partial charge is 0.375 e. The van der Waals surface area contributed by atoms with Crippen LogP contribution in [0.2, 0.25) is 0 Å². The Morgan fingerprint density at radius 2 is 1.80 bits per heavy atom. The Morgan fingerprint density at radius 3 is 2.60 bits per heavy atom. The summed E-state index contributed by atoms with van der Waals surface area (Å²) in [5.74, 6) is 0. The molecule has 1 aliphatic rings. The summed E-state index contributed by atoms with van der Waals surface area (Å²) in [6.45, 7) is 4.51. The third-order valence-corrected chi connectivity index (χ3v) is 3.44. The molecule has 0 spiro atoms. The zero-order valence-corrected chi connectivity index (χ0v) is 10.6. The molecule has 90 valence electrons. The van der Waals surface area contributed by atoms with E-state index in [1.54, 1.807) is 0 Å². The average Bonchev–Trinajstić information content (AvgIpc) is 2.19. The second kappa shape index (κ2) is 8.15. The normalized spacial score (nSPS) is 28.4. The number of rotatable bonds is 5. The molecule has 1 nitrogen and oxygen atoms in total. The van der Waals surface area contributed by atoms with Crippen molar-refractivity contribution in [2.24, 2.45) is 0 Å². The molecule has 15 heavy (non-hydrogen) atoms. The van der Waals surface area contributed by atoms with E-state index < -0.39 is 0 Å². The molecule has 1 saturated heterocycles. The predicted octanol–water partition coefficient (Wildman–Crippen LogP) is 4.69. The van der Waals surface area contributed by atoms with Gasteiger partial charge in [-0.25, -0.2) is 0 Å². The SMILES string of the molecule is CCCCCC[C@@H]1CCCCC[C@H](C)O1. The lowest BCUT2D eigenvalue weighted by Gasteiger charge is -2.25. The fourth-order valence-electron chi connectivity index (χ4n) is 2.46. The number of hydrogen-bond acceptors (Lipinski definition) is 1. The minimum atomic E-state index is 0.501. The van der Waals surface area contributed by atoms with E-state index in [-0.39, 0.29) is 0 Å². The Morgan fingerprint density at radius 1 is 1.00 bits per heavy atom. The highest BCUT2D eigenvalue weighted by molar-refractivity contribution is 4.65. The van der Waals surface area contributed by atoms with Crippen molar-refractivity contribution >= 4 is 0 Å². The molecule has 0 aliphatic carbocycles. The van der Waals surface area contributed by atoms with Gasteiger partial charge in [0.1, 0.15) is 0 Å². The number of hydrogen-bond donors (Lipinski definition) is 0. The van der Waals surface area contributed by atoms with E-state index >= 15 is 0 Å². The summed E-state index contributed by atoms with van der Waals surface area (Å²) in [7, 11) is 0. The van der Waals surface area contributed by atoms with Crippen molar-refractivity contribution in [3.05, 3.63) is 0 Å². The fourth-order valence-corrected chi connectivity index (χ4v) is 2.46. The van der Waals surface area contributed by atoms with Gasteiger partial charge in [0.25, 0.3) is 0 Å². The summed E-state index contributed by atoms with van der Waals surface area (Å²) in [6.07, 6.45) is 14.6. The van der Waals surface area contributed by atoms with Gasteiger partial charge in [0.15, 0.2) is 0 Å². The maximum absolute atomic E-state index is 6.07. The van der Waals surface area contributed by atoms with Gasteiger partial charge >= 0.3 is 0 Å². The Labute approximate surface area is 95.6 Å². The summed E-state index contributed by atoms with van der Waals surface area (Å²) in [5, 5.41) is 0. The van der Waals surface area contributed by atoms with Crippen molar-refractivity contribution in [3.63, 3.8) is 0 Å². The zero-order valence-electron chi connectivity index (χ0n) is 10.6. The van der Waals surface area contributed by atoms with Crippen LogP contribution in [0.15, 0.2) is 0 Å². The molecule has 0 amide bonds. The van der Waals surface area contributed by atoms with Crippen molar-refractivity contribution < 1.29 is 4.74 Å². The third kappa shape index (κ3) is 6.19. The van der Waals surface area contributed by atoms with Crippen LogP contribution in [-0.4, -0.2) is 12.2 Å². The second-order valence-corrected chi connectivity index (χ2v) is 5.06. The van der Waals surface area contributed by atoms with Crippen LogP contribution in [0, 0.1) is 0 Å². The van der Waals surface area contributed by atoms with Crippen molar-refractivity contribution in [1.29, 1.82) is 0 Å². The summed E-state index contributed by atoms with van der Waals surface area (Å²) >= 11 is 0. The molecule has 1 aliphatic heterocycles. The summed E-state index contributed by atoms with van der Waals surface area (Å²) < 4.78 is 6.07. The van der Waals surface area contributed by atoms with Crippen molar-refractivity contribution in [3.8, 4) is 0 Å². The Kier molecular flexibility index (Phi) is 7.08. The first-order valence-corrected chi connectivity index (χ1v) is 6.98. The van der Waals surface area contributed by atoms with Gasteiger partial charge in [-0.3, -0.25) is 0 Å². The van der Waals surface area contributed by atoms with E-state index in [1.807, 2.05) is 0 Å². The molecule has 0 saturated carbocycles. The number of ether oxygens (including phenoxy) is 1. The minimum absolute atomic E-state index is 0.501. The monoisotopic (exact) mass is 212 g/mol. The summed E-state index contributed by atoms with van der Waals surface area (Å²) in [6, 6.07) is 0. The van der Waals surface area contributed by atoms with Crippen molar-refractivity contribution in [1.82, 2.24) is 0 Å². The molecule has 0 aromatic heterocycles. The van der Waals surface area contributed by atoms with Gasteiger partial charge in [0.05, 0.1) is 12.2 Å². The first kappa shape index (κ1) is 13.0. The lowest BCUT2D eigenvalue weighted by Crippen LogP contribution is -2.22. The van der Waals surface area contributed by atoms with Crippen LogP contribution in [-0.2, 0) is 4.74 Å². The van der Waals surface area contributed by atoms with E-state index in [2.05, 4.69) is 13.8 Å². The van der Waals surface area contributed by atoms with Gasteiger partial charge in [-0.05, 0) is 26.2 Å². The first-order chi connectivity index (χ1) is 7.33. The molecular weight excluding hydrogens is 184 g/mol. The van der Waals surface area contributed by atoms with Crippen LogP contribution in [0.4, 0.5) is 0 Å². The van der Waals surface area contributed by atoms with Gasteiger partial charge in [0, 0.05) is 0 Å². The number of unbranched alkanes of at least 4 members (excludes halogenated alkanes) is 3. The zero-order chi connectivity index (χ0) is 10.9. The highest BCUT2D eigenvalue weighted by atomic mass is 16.5. The summed E-state index contributed by atoms with van der Waals surface area (Å²) in [5.41, 5.74) is 0. The Balaban J connectivity index is 2.13. The maximum Gasteiger partial charge on any atom is 0.0578 e. The molecule has 1 rings (SSSR count). The van der Waals surface area contributed by atoms with E-state index in [1.165, 1.54) is 64.2 Å². The smallest absolute Gasteiger partial charge is 0.0578 e. The standard InChI is InChI=1S/C14H28O/c1-3-4-5-8-11-14-12-9-6-7-10-13(2)15-14/h13-14H,3-12H2,1-2H3/t13-,14+/m0/s1. The highest BCUT2D eigenvalue weighted by Crippen LogP contribution is 2.21. The molecule has 1 heterocycles. The van der Waals surface area contributed by atoms with Crippen molar-refractivity contribution in [2.75, 3.05) is 0 Å². The predicted molar refractivity (Wildman–Crippen MR) is 66.2 cm³/mol. The van der Waals surface area contributed by atoms with Crippen LogP contribution in [0.3, 0.4) is 0 Å². The topological polar surface area (TPSA) is 9.23 Å². The second-order valence-electron chi connectivity index (χ2n) is 5.06. The lowest BCUT2D eigenvalue weighted by atomic mass is 10.00. The lowest BCUT2D eigenvalue weighted by molar-refractivity contribution is -0.0247. The van der Waals surface area contributed by atoms with Crippen molar-refractivity contribution in [2.45, 2.75) is 90.3 Å².